The minimum Gasteiger partial charge on any atom is -0.356 e. The van der Waals surface area contributed by atoms with Gasteiger partial charge in [0.05, 0.1) is 0 Å². The molecule has 2 rings (SSSR count). The highest BCUT2D eigenvalue weighted by atomic mass is 127. The van der Waals surface area contributed by atoms with Crippen molar-refractivity contribution < 1.29 is 0 Å². The van der Waals surface area contributed by atoms with Crippen molar-refractivity contribution in [2.45, 2.75) is 45.6 Å². The molecule has 0 spiro atoms. The molecule has 5 heteroatoms. The number of benzene rings is 1. The smallest absolute Gasteiger partial charge is 0.190 e. The molecule has 0 saturated carbocycles. The Morgan fingerprint density at radius 2 is 2.00 bits per heavy atom. The van der Waals surface area contributed by atoms with Crippen LogP contribution in [-0.2, 0) is 6.42 Å². The van der Waals surface area contributed by atoms with Gasteiger partial charge in [0.1, 0.15) is 0 Å². The number of piperidine rings is 1. The monoisotopic (exact) mass is 458 g/mol. The maximum atomic E-state index is 4.35. The molecule has 1 unspecified atom stereocenters. The fraction of sp³-hybridized carbons (Fsp3) is 0.650. The van der Waals surface area contributed by atoms with Crippen LogP contribution < -0.4 is 10.6 Å². The van der Waals surface area contributed by atoms with Gasteiger partial charge in [-0.2, -0.15) is 0 Å². The van der Waals surface area contributed by atoms with Gasteiger partial charge in [0.25, 0.3) is 0 Å². The first-order chi connectivity index (χ1) is 11.7. The summed E-state index contributed by atoms with van der Waals surface area (Å²) in [6.45, 7) is 9.02. The molecule has 0 aliphatic carbocycles. The van der Waals surface area contributed by atoms with Crippen LogP contribution in [0.25, 0.3) is 0 Å². The van der Waals surface area contributed by atoms with E-state index >= 15 is 0 Å². The number of hydrogen-bond donors (Lipinski definition) is 2. The van der Waals surface area contributed by atoms with Crippen LogP contribution in [0.1, 0.15) is 38.7 Å². The maximum Gasteiger partial charge on any atom is 0.190 e. The second-order valence-corrected chi connectivity index (χ2v) is 7.07. The first-order valence-electron chi connectivity index (χ1n) is 9.41. The molecule has 4 nitrogen and oxygen atoms in total. The van der Waals surface area contributed by atoms with Gasteiger partial charge in [-0.15, -0.1) is 24.0 Å². The van der Waals surface area contributed by atoms with Gasteiger partial charge >= 0.3 is 0 Å². The summed E-state index contributed by atoms with van der Waals surface area (Å²) in [6, 6.07) is 11.3. The fourth-order valence-corrected chi connectivity index (χ4v) is 3.34. The maximum absolute atomic E-state index is 4.35. The third kappa shape index (κ3) is 8.40. The number of aliphatic imine (C=N–C) groups is 1. The standard InChI is InChI=1S/C20H34N4.HI/c1-17(2)24-14-8-12-19(16-24)15-23-20(21-3)22-13-7-11-18-9-5-4-6-10-18;/h4-6,9-10,17,19H,7-8,11-16H2,1-3H3,(H2,21,22,23);1H. The highest BCUT2D eigenvalue weighted by molar-refractivity contribution is 14.0. The summed E-state index contributed by atoms with van der Waals surface area (Å²) >= 11 is 0. The molecule has 1 aromatic carbocycles. The van der Waals surface area contributed by atoms with E-state index in [1.807, 2.05) is 7.05 Å². The third-order valence-corrected chi connectivity index (χ3v) is 4.84. The minimum atomic E-state index is 0. The molecule has 1 aliphatic rings. The summed E-state index contributed by atoms with van der Waals surface area (Å²) in [5, 5.41) is 6.95. The average Bonchev–Trinajstić information content (AvgIpc) is 2.62. The van der Waals surface area contributed by atoms with Crippen molar-refractivity contribution in [3.05, 3.63) is 35.9 Å². The largest absolute Gasteiger partial charge is 0.356 e. The van der Waals surface area contributed by atoms with Crippen LogP contribution in [0, 0.1) is 5.92 Å². The summed E-state index contributed by atoms with van der Waals surface area (Å²) < 4.78 is 0. The van der Waals surface area contributed by atoms with E-state index in [0.717, 1.165) is 37.8 Å². The van der Waals surface area contributed by atoms with Gasteiger partial charge in [0.15, 0.2) is 5.96 Å². The van der Waals surface area contributed by atoms with Crippen molar-refractivity contribution in [2.75, 3.05) is 33.2 Å². The van der Waals surface area contributed by atoms with Gasteiger partial charge in [-0.25, -0.2) is 0 Å². The Bertz CT molecular complexity index is 490. The minimum absolute atomic E-state index is 0. The predicted octanol–water partition coefficient (Wildman–Crippen LogP) is 3.52. The Labute approximate surface area is 170 Å². The zero-order valence-corrected chi connectivity index (χ0v) is 18.3. The quantitative estimate of drug-likeness (QED) is 0.284. The molecule has 1 aromatic rings. The summed E-state index contributed by atoms with van der Waals surface area (Å²) in [5.41, 5.74) is 1.40. The van der Waals surface area contributed by atoms with Crippen LogP contribution in [-0.4, -0.2) is 50.1 Å². The number of nitrogens with one attached hydrogen (secondary N) is 2. The molecule has 0 amide bonds. The van der Waals surface area contributed by atoms with E-state index in [-0.39, 0.29) is 24.0 Å². The van der Waals surface area contributed by atoms with E-state index in [1.54, 1.807) is 0 Å². The number of guanidine groups is 1. The number of halogens is 1. The second kappa shape index (κ2) is 12.5. The Balaban J connectivity index is 0.00000312. The lowest BCUT2D eigenvalue weighted by molar-refractivity contribution is 0.141. The highest BCUT2D eigenvalue weighted by Gasteiger charge is 2.21. The molecular weight excluding hydrogens is 423 g/mol. The van der Waals surface area contributed by atoms with E-state index < -0.39 is 0 Å². The predicted molar refractivity (Wildman–Crippen MR) is 119 cm³/mol. The SMILES string of the molecule is CN=C(NCCCc1ccccc1)NCC1CCCN(C(C)C)C1.I. The zero-order chi connectivity index (χ0) is 17.2. The highest BCUT2D eigenvalue weighted by Crippen LogP contribution is 2.17. The van der Waals surface area contributed by atoms with E-state index in [0.29, 0.717) is 6.04 Å². The Morgan fingerprint density at radius 3 is 2.68 bits per heavy atom. The van der Waals surface area contributed by atoms with Crippen LogP contribution in [0.4, 0.5) is 0 Å². The van der Waals surface area contributed by atoms with Crippen LogP contribution in [0.5, 0.6) is 0 Å². The molecule has 142 valence electrons. The molecular formula is C20H35IN4. The fourth-order valence-electron chi connectivity index (χ4n) is 3.34. The molecule has 1 aliphatic heterocycles. The number of rotatable bonds is 7. The lowest BCUT2D eigenvalue weighted by atomic mass is 9.97. The molecule has 0 bridgehead atoms. The lowest BCUT2D eigenvalue weighted by Crippen LogP contribution is -2.46. The Kier molecular flexibility index (Phi) is 11.1. The van der Waals surface area contributed by atoms with Crippen molar-refractivity contribution in [3.8, 4) is 0 Å². The van der Waals surface area contributed by atoms with E-state index in [4.69, 9.17) is 0 Å². The normalized spacial score (nSPS) is 18.7. The van der Waals surface area contributed by atoms with Gasteiger partial charge < -0.3 is 15.5 Å². The molecule has 1 fully saturated rings. The number of hydrogen-bond acceptors (Lipinski definition) is 2. The first-order valence-corrected chi connectivity index (χ1v) is 9.41. The Morgan fingerprint density at radius 1 is 1.24 bits per heavy atom. The van der Waals surface area contributed by atoms with Gasteiger partial charge in [0.2, 0.25) is 0 Å². The van der Waals surface area contributed by atoms with Crippen molar-refractivity contribution in [3.63, 3.8) is 0 Å². The van der Waals surface area contributed by atoms with Crippen LogP contribution in [0.3, 0.4) is 0 Å². The van der Waals surface area contributed by atoms with Gasteiger partial charge in [-0.1, -0.05) is 30.3 Å². The van der Waals surface area contributed by atoms with Crippen LogP contribution >= 0.6 is 24.0 Å². The lowest BCUT2D eigenvalue weighted by Gasteiger charge is -2.35. The molecule has 1 atom stereocenters. The molecule has 2 N–H and O–H groups in total. The molecule has 1 saturated heterocycles. The van der Waals surface area contributed by atoms with Crippen molar-refractivity contribution in [1.82, 2.24) is 15.5 Å². The third-order valence-electron chi connectivity index (χ3n) is 4.84. The Hall–Kier alpha value is -0.820. The zero-order valence-electron chi connectivity index (χ0n) is 16.0. The van der Waals surface area contributed by atoms with E-state index in [9.17, 15) is 0 Å². The molecule has 1 heterocycles. The van der Waals surface area contributed by atoms with Crippen molar-refractivity contribution >= 4 is 29.9 Å². The molecule has 0 radical (unpaired) electrons. The van der Waals surface area contributed by atoms with E-state index in [2.05, 4.69) is 64.7 Å². The first kappa shape index (κ1) is 22.2. The molecule has 25 heavy (non-hydrogen) atoms. The van der Waals surface area contributed by atoms with Gasteiger partial charge in [-0.3, -0.25) is 4.99 Å². The van der Waals surface area contributed by atoms with Crippen molar-refractivity contribution in [1.29, 1.82) is 0 Å². The van der Waals surface area contributed by atoms with E-state index in [1.165, 1.54) is 31.5 Å². The van der Waals surface area contributed by atoms with Crippen LogP contribution in [0.15, 0.2) is 35.3 Å². The second-order valence-electron chi connectivity index (χ2n) is 7.07. The van der Waals surface area contributed by atoms with Gasteiger partial charge in [0, 0.05) is 32.7 Å². The summed E-state index contributed by atoms with van der Waals surface area (Å²) in [5.74, 6) is 1.66. The number of aryl methyl sites for hydroxylation is 1. The average molecular weight is 458 g/mol. The topological polar surface area (TPSA) is 39.7 Å². The van der Waals surface area contributed by atoms with Crippen molar-refractivity contribution in [2.24, 2.45) is 10.9 Å². The summed E-state index contributed by atoms with van der Waals surface area (Å²) in [4.78, 5) is 6.94. The number of likely N-dealkylation sites (tertiary alicyclic amines) is 1. The summed E-state index contributed by atoms with van der Waals surface area (Å²) in [6.07, 6.45) is 4.86. The summed E-state index contributed by atoms with van der Waals surface area (Å²) in [7, 11) is 1.85. The molecule has 0 aromatic heterocycles. The number of nitrogens with zero attached hydrogens (tertiary/aromatic N) is 2. The van der Waals surface area contributed by atoms with Gasteiger partial charge in [-0.05, 0) is 57.6 Å². The van der Waals surface area contributed by atoms with Crippen LogP contribution in [0.2, 0.25) is 0 Å².